The van der Waals surface area contributed by atoms with Gasteiger partial charge in [0.2, 0.25) is 0 Å². The molecule has 0 radical (unpaired) electrons. The van der Waals surface area contributed by atoms with Gasteiger partial charge >= 0.3 is 0 Å². The molecule has 1 fully saturated rings. The third-order valence-corrected chi connectivity index (χ3v) is 6.27. The summed E-state index contributed by atoms with van der Waals surface area (Å²) in [5.41, 5.74) is 2.28. The Balaban J connectivity index is 0.00000288. The molecule has 1 heterocycles. The minimum absolute atomic E-state index is 0. The first-order valence-electron chi connectivity index (χ1n) is 8.02. The van der Waals surface area contributed by atoms with Crippen LogP contribution in [0.4, 0.5) is 0 Å². The number of likely N-dealkylation sites (N-methyl/N-ethyl adjacent to an activating group) is 1. The highest BCUT2D eigenvalue weighted by Gasteiger charge is 2.35. The molecule has 0 saturated carbocycles. The Kier molecular flexibility index (Phi) is 8.62. The van der Waals surface area contributed by atoms with Crippen molar-refractivity contribution < 1.29 is 13.2 Å². The van der Waals surface area contributed by atoms with Crippen molar-refractivity contribution in [2.75, 3.05) is 46.9 Å². The van der Waals surface area contributed by atoms with Crippen molar-refractivity contribution in [2.24, 2.45) is 0 Å². The van der Waals surface area contributed by atoms with Crippen molar-refractivity contribution in [3.8, 4) is 0 Å². The molecule has 138 valence electrons. The predicted molar refractivity (Wildman–Crippen MR) is 98.8 cm³/mol. The fraction of sp³-hybridized carbons (Fsp3) is 0.625. The van der Waals surface area contributed by atoms with Gasteiger partial charge in [-0.15, -0.1) is 12.4 Å². The van der Waals surface area contributed by atoms with E-state index in [9.17, 15) is 8.42 Å². The lowest BCUT2D eigenvalue weighted by atomic mass is 10.0. The zero-order valence-electron chi connectivity index (χ0n) is 14.6. The van der Waals surface area contributed by atoms with E-state index in [0.717, 1.165) is 12.0 Å². The van der Waals surface area contributed by atoms with Gasteiger partial charge in [-0.25, -0.2) is 0 Å². The summed E-state index contributed by atoms with van der Waals surface area (Å²) in [4.78, 5) is 0. The highest BCUT2D eigenvalue weighted by Crippen LogP contribution is 2.26. The van der Waals surface area contributed by atoms with Crippen molar-refractivity contribution in [3.05, 3.63) is 35.4 Å². The Morgan fingerprint density at radius 2 is 2.00 bits per heavy atom. The van der Waals surface area contributed by atoms with Crippen molar-refractivity contribution in [2.45, 2.75) is 19.4 Å². The third kappa shape index (κ3) is 4.91. The zero-order valence-corrected chi connectivity index (χ0v) is 16.2. The van der Waals surface area contributed by atoms with Gasteiger partial charge < -0.3 is 10.1 Å². The van der Waals surface area contributed by atoms with Crippen LogP contribution in [0.1, 0.15) is 24.1 Å². The van der Waals surface area contributed by atoms with Gasteiger partial charge in [0, 0.05) is 40.3 Å². The van der Waals surface area contributed by atoms with Crippen LogP contribution in [-0.2, 0) is 21.4 Å². The zero-order chi connectivity index (χ0) is 16.9. The van der Waals surface area contributed by atoms with Crippen LogP contribution in [0.3, 0.4) is 0 Å². The van der Waals surface area contributed by atoms with Crippen LogP contribution < -0.4 is 5.32 Å². The molecule has 6 nitrogen and oxygen atoms in total. The second-order valence-corrected chi connectivity index (χ2v) is 7.74. The molecule has 0 aliphatic carbocycles. The summed E-state index contributed by atoms with van der Waals surface area (Å²) in [6.07, 6.45) is 0.977. The number of methoxy groups -OCH3 is 1. The molecule has 1 aromatic carbocycles. The summed E-state index contributed by atoms with van der Waals surface area (Å²) >= 11 is 0. The average molecular weight is 378 g/mol. The number of aryl methyl sites for hydroxylation is 1. The molecule has 1 saturated heterocycles. The van der Waals surface area contributed by atoms with Crippen molar-refractivity contribution in [1.82, 2.24) is 13.9 Å². The fourth-order valence-electron chi connectivity index (χ4n) is 2.74. The average Bonchev–Trinajstić information content (AvgIpc) is 2.59. The molecular weight excluding hydrogens is 350 g/mol. The van der Waals surface area contributed by atoms with E-state index in [4.69, 9.17) is 4.74 Å². The molecule has 0 aromatic heterocycles. The van der Waals surface area contributed by atoms with Gasteiger partial charge in [0.05, 0.1) is 12.6 Å². The predicted octanol–water partition coefficient (Wildman–Crippen LogP) is 1.44. The number of hydrogen-bond donors (Lipinski definition) is 1. The largest absolute Gasteiger partial charge is 0.383 e. The Labute approximate surface area is 151 Å². The molecule has 0 bridgehead atoms. The second-order valence-electron chi connectivity index (χ2n) is 5.75. The molecule has 0 amide bonds. The number of rotatable bonds is 7. The SMILES string of the molecule is CCc1ccc(C2CNCCN2S(=O)(=O)N(C)CCOC)cc1.Cl. The number of hydrogen-bond acceptors (Lipinski definition) is 4. The Bertz CT molecular complexity index is 595. The molecule has 0 spiro atoms. The number of ether oxygens (including phenoxy) is 1. The lowest BCUT2D eigenvalue weighted by Crippen LogP contribution is -2.53. The topological polar surface area (TPSA) is 61.9 Å². The highest BCUT2D eigenvalue weighted by atomic mass is 35.5. The minimum Gasteiger partial charge on any atom is -0.383 e. The first kappa shape index (κ1) is 21.3. The Morgan fingerprint density at radius 3 is 2.58 bits per heavy atom. The van der Waals surface area contributed by atoms with E-state index in [1.54, 1.807) is 18.5 Å². The summed E-state index contributed by atoms with van der Waals surface area (Å²) < 4.78 is 33.7. The fourth-order valence-corrected chi connectivity index (χ4v) is 4.24. The monoisotopic (exact) mass is 377 g/mol. The lowest BCUT2D eigenvalue weighted by Gasteiger charge is -2.37. The highest BCUT2D eigenvalue weighted by molar-refractivity contribution is 7.86. The van der Waals surface area contributed by atoms with Crippen LogP contribution in [0.2, 0.25) is 0 Å². The van der Waals surface area contributed by atoms with Gasteiger partial charge in [0.1, 0.15) is 0 Å². The summed E-state index contributed by atoms with van der Waals surface area (Å²) in [6.45, 7) is 4.62. The maximum atomic E-state index is 12.9. The molecule has 1 N–H and O–H groups in total. The van der Waals surface area contributed by atoms with E-state index in [1.807, 2.05) is 12.1 Å². The van der Waals surface area contributed by atoms with Gasteiger partial charge in [-0.1, -0.05) is 31.2 Å². The number of piperazine rings is 1. The number of nitrogens with zero attached hydrogens (tertiary/aromatic N) is 2. The Hall–Kier alpha value is -0.700. The summed E-state index contributed by atoms with van der Waals surface area (Å²) in [6, 6.07) is 8.04. The lowest BCUT2D eigenvalue weighted by molar-refractivity contribution is 0.178. The van der Waals surface area contributed by atoms with E-state index in [-0.39, 0.29) is 18.4 Å². The van der Waals surface area contributed by atoms with Crippen LogP contribution in [0.5, 0.6) is 0 Å². The molecule has 1 aromatic rings. The molecule has 8 heteroatoms. The van der Waals surface area contributed by atoms with Crippen LogP contribution >= 0.6 is 12.4 Å². The van der Waals surface area contributed by atoms with Gasteiger partial charge in [-0.05, 0) is 17.5 Å². The smallest absolute Gasteiger partial charge is 0.282 e. The van der Waals surface area contributed by atoms with Crippen molar-refractivity contribution in [1.29, 1.82) is 0 Å². The van der Waals surface area contributed by atoms with Crippen LogP contribution in [0.15, 0.2) is 24.3 Å². The normalized spacial score (nSPS) is 19.2. The molecular formula is C16H28ClN3O3S. The number of benzene rings is 1. The van der Waals surface area contributed by atoms with Gasteiger partial charge in [0.15, 0.2) is 0 Å². The molecule has 2 rings (SSSR count). The quantitative estimate of drug-likeness (QED) is 0.781. The first-order valence-corrected chi connectivity index (χ1v) is 9.42. The van der Waals surface area contributed by atoms with Gasteiger partial charge in [-0.3, -0.25) is 0 Å². The van der Waals surface area contributed by atoms with Crippen molar-refractivity contribution in [3.63, 3.8) is 0 Å². The summed E-state index contributed by atoms with van der Waals surface area (Å²) in [5.74, 6) is 0. The minimum atomic E-state index is -3.50. The maximum absolute atomic E-state index is 12.9. The van der Waals surface area contributed by atoms with Crippen LogP contribution in [0.25, 0.3) is 0 Å². The number of halogens is 1. The van der Waals surface area contributed by atoms with Crippen molar-refractivity contribution >= 4 is 22.6 Å². The molecule has 24 heavy (non-hydrogen) atoms. The number of nitrogens with one attached hydrogen (secondary N) is 1. The van der Waals surface area contributed by atoms with Gasteiger partial charge in [-0.2, -0.15) is 17.0 Å². The van der Waals surface area contributed by atoms with E-state index in [1.165, 1.54) is 9.87 Å². The summed E-state index contributed by atoms with van der Waals surface area (Å²) in [7, 11) is -0.323. The van der Waals surface area contributed by atoms with E-state index >= 15 is 0 Å². The standard InChI is InChI=1S/C16H27N3O3S.ClH/c1-4-14-5-7-15(8-6-14)16-13-17-9-10-19(16)23(20,21)18(2)11-12-22-3;/h5-8,16-17H,4,9-13H2,1-3H3;1H. The molecule has 1 atom stereocenters. The van der Waals surface area contributed by atoms with Crippen LogP contribution in [0, 0.1) is 0 Å². The maximum Gasteiger partial charge on any atom is 0.282 e. The molecule has 1 aliphatic heterocycles. The van der Waals surface area contributed by atoms with Gasteiger partial charge in [0.25, 0.3) is 10.2 Å². The summed E-state index contributed by atoms with van der Waals surface area (Å²) in [5, 5.41) is 3.30. The second kappa shape index (κ2) is 9.70. The third-order valence-electron chi connectivity index (χ3n) is 4.27. The molecule has 1 unspecified atom stereocenters. The molecule has 1 aliphatic rings. The Morgan fingerprint density at radius 1 is 1.33 bits per heavy atom. The van der Waals surface area contributed by atoms with E-state index in [2.05, 4.69) is 24.4 Å². The van der Waals surface area contributed by atoms with E-state index in [0.29, 0.717) is 32.8 Å². The van der Waals surface area contributed by atoms with Crippen LogP contribution in [-0.4, -0.2) is 64.0 Å². The van der Waals surface area contributed by atoms with E-state index < -0.39 is 10.2 Å². The first-order chi connectivity index (χ1) is 11.0.